The minimum atomic E-state index is -4.50. The molecule has 0 aliphatic rings. The van der Waals surface area contributed by atoms with Gasteiger partial charge in [0, 0.05) is 19.3 Å². The number of hydrogen-bond acceptors (Lipinski definition) is 3. The molecule has 4 nitrogen and oxygen atoms in total. The third-order valence-electron chi connectivity index (χ3n) is 4.05. The van der Waals surface area contributed by atoms with E-state index in [-0.39, 0.29) is 29.7 Å². The van der Waals surface area contributed by atoms with Crippen molar-refractivity contribution < 1.29 is 27.2 Å². The molecule has 2 aromatic carbocycles. The maximum atomic E-state index is 13.1. The molecular weight excluding hydrogens is 408 g/mol. The Labute approximate surface area is 170 Å². The van der Waals surface area contributed by atoms with Crippen molar-refractivity contribution >= 4 is 29.3 Å². The minimum absolute atomic E-state index is 0.00195. The topological polar surface area (TPSA) is 49.4 Å². The van der Waals surface area contributed by atoms with Crippen molar-refractivity contribution in [1.82, 2.24) is 4.90 Å². The summed E-state index contributed by atoms with van der Waals surface area (Å²) in [5, 5.41) is 1.95. The van der Waals surface area contributed by atoms with Crippen LogP contribution in [0.25, 0.3) is 0 Å². The van der Waals surface area contributed by atoms with Crippen molar-refractivity contribution in [3.05, 3.63) is 65.5 Å². The molecule has 0 aromatic heterocycles. The van der Waals surface area contributed by atoms with Gasteiger partial charge in [0.05, 0.1) is 16.6 Å². The Balaban J connectivity index is 1.89. The maximum absolute atomic E-state index is 13.1. The fraction of sp³-hybridized carbons (Fsp3) is 0.300. The van der Waals surface area contributed by atoms with E-state index in [1.807, 2.05) is 0 Å². The van der Waals surface area contributed by atoms with Gasteiger partial charge in [0.15, 0.2) is 0 Å². The second-order valence-corrected chi connectivity index (χ2v) is 7.69. The zero-order valence-electron chi connectivity index (χ0n) is 15.8. The molecule has 0 saturated heterocycles. The fourth-order valence-electron chi connectivity index (χ4n) is 2.58. The number of carbonyl (C=O) groups excluding carboxylic acids is 2. The van der Waals surface area contributed by atoms with Crippen LogP contribution in [-0.4, -0.2) is 34.8 Å². The highest BCUT2D eigenvalue weighted by Gasteiger charge is 2.33. The number of nitrogens with zero attached hydrogens (tertiary/aromatic N) is 1. The van der Waals surface area contributed by atoms with Crippen molar-refractivity contribution in [2.75, 3.05) is 18.1 Å². The van der Waals surface area contributed by atoms with E-state index < -0.39 is 22.8 Å². The van der Waals surface area contributed by atoms with Crippen LogP contribution in [0.3, 0.4) is 0 Å². The van der Waals surface area contributed by atoms with Crippen LogP contribution in [0, 0.1) is 5.82 Å². The first kappa shape index (κ1) is 22.7. The average Bonchev–Trinajstić information content (AvgIpc) is 2.67. The first-order valence-electron chi connectivity index (χ1n) is 8.65. The van der Waals surface area contributed by atoms with Crippen molar-refractivity contribution in [2.24, 2.45) is 0 Å². The monoisotopic (exact) mass is 428 g/mol. The fourth-order valence-corrected chi connectivity index (χ4v) is 3.38. The van der Waals surface area contributed by atoms with E-state index in [4.69, 9.17) is 0 Å². The Morgan fingerprint density at radius 3 is 2.34 bits per heavy atom. The van der Waals surface area contributed by atoms with Gasteiger partial charge in [0.1, 0.15) is 5.82 Å². The molecule has 0 fully saturated rings. The highest BCUT2D eigenvalue weighted by Crippen LogP contribution is 2.32. The lowest BCUT2D eigenvalue weighted by Gasteiger charge is -2.23. The van der Waals surface area contributed by atoms with Crippen LogP contribution < -0.4 is 5.32 Å². The van der Waals surface area contributed by atoms with Gasteiger partial charge in [-0.3, -0.25) is 9.59 Å². The summed E-state index contributed by atoms with van der Waals surface area (Å²) >= 11 is 1.06. The zero-order chi connectivity index (χ0) is 21.6. The van der Waals surface area contributed by atoms with E-state index in [9.17, 15) is 27.2 Å². The normalized spacial score (nSPS) is 12.3. The number of nitrogens with one attached hydrogen (secondary N) is 1. The average molecular weight is 428 g/mol. The van der Waals surface area contributed by atoms with Crippen LogP contribution in [0.5, 0.6) is 0 Å². The predicted octanol–water partition coefficient (Wildman–Crippen LogP) is 4.56. The summed E-state index contributed by atoms with van der Waals surface area (Å²) in [6, 6.07) is 10.3. The number of rotatable bonds is 7. The van der Waals surface area contributed by atoms with Crippen LogP contribution in [-0.2, 0) is 22.3 Å². The SMILES string of the molecule is CC(SCC(=O)Nc1ccc(F)cc1)C(=O)N(C)Cc1ccccc1C(F)(F)F. The number of anilines is 1. The number of alkyl halides is 3. The van der Waals surface area contributed by atoms with E-state index in [0.29, 0.717) is 5.69 Å². The molecule has 29 heavy (non-hydrogen) atoms. The molecule has 0 aliphatic heterocycles. The number of amides is 2. The molecule has 0 spiro atoms. The van der Waals surface area contributed by atoms with Gasteiger partial charge < -0.3 is 10.2 Å². The molecule has 0 bridgehead atoms. The molecule has 0 radical (unpaired) electrons. The Hall–Kier alpha value is -2.55. The van der Waals surface area contributed by atoms with Crippen LogP contribution in [0.15, 0.2) is 48.5 Å². The van der Waals surface area contributed by atoms with E-state index >= 15 is 0 Å². The molecule has 2 amide bonds. The zero-order valence-corrected chi connectivity index (χ0v) is 16.6. The molecule has 9 heteroatoms. The lowest BCUT2D eigenvalue weighted by Crippen LogP contribution is -2.34. The van der Waals surface area contributed by atoms with Crippen LogP contribution in [0.2, 0.25) is 0 Å². The Kier molecular flexibility index (Phi) is 7.66. The van der Waals surface area contributed by atoms with Crippen molar-refractivity contribution in [3.8, 4) is 0 Å². The molecular formula is C20H20F4N2O2S. The Morgan fingerprint density at radius 2 is 1.72 bits per heavy atom. The summed E-state index contributed by atoms with van der Waals surface area (Å²) in [7, 11) is 1.42. The highest BCUT2D eigenvalue weighted by atomic mass is 32.2. The summed E-state index contributed by atoms with van der Waals surface area (Å²) in [5.74, 6) is -1.21. The standard InChI is InChI=1S/C20H20F4N2O2S/c1-13(29-12-18(27)25-16-9-7-15(21)8-10-16)19(28)26(2)11-14-5-3-4-6-17(14)20(22,23)24/h3-10,13H,11-12H2,1-2H3,(H,25,27). The van der Waals surface area contributed by atoms with Crippen molar-refractivity contribution in [1.29, 1.82) is 0 Å². The quantitative estimate of drug-likeness (QED) is 0.658. The third-order valence-corrected chi connectivity index (χ3v) is 5.18. The van der Waals surface area contributed by atoms with Crippen LogP contribution in [0.1, 0.15) is 18.1 Å². The van der Waals surface area contributed by atoms with Gasteiger partial charge in [-0.05, 0) is 42.8 Å². The predicted molar refractivity (Wildman–Crippen MR) is 105 cm³/mol. The summed E-state index contributed by atoms with van der Waals surface area (Å²) in [6.07, 6.45) is -4.50. The molecule has 1 atom stereocenters. The largest absolute Gasteiger partial charge is 0.416 e. The molecule has 1 unspecified atom stereocenters. The van der Waals surface area contributed by atoms with Crippen molar-refractivity contribution in [2.45, 2.75) is 24.9 Å². The molecule has 1 N–H and O–H groups in total. The van der Waals surface area contributed by atoms with Gasteiger partial charge in [-0.1, -0.05) is 18.2 Å². The Bertz CT molecular complexity index is 856. The third kappa shape index (κ3) is 6.77. The van der Waals surface area contributed by atoms with E-state index in [1.165, 1.54) is 54.4 Å². The molecule has 156 valence electrons. The first-order chi connectivity index (χ1) is 13.6. The molecule has 2 rings (SSSR count). The lowest BCUT2D eigenvalue weighted by molar-refractivity contribution is -0.139. The summed E-state index contributed by atoms with van der Waals surface area (Å²) in [4.78, 5) is 25.6. The van der Waals surface area contributed by atoms with E-state index in [1.54, 1.807) is 6.92 Å². The first-order valence-corrected chi connectivity index (χ1v) is 9.70. The highest BCUT2D eigenvalue weighted by molar-refractivity contribution is 8.01. The minimum Gasteiger partial charge on any atom is -0.340 e. The second-order valence-electron chi connectivity index (χ2n) is 6.36. The molecule has 2 aromatic rings. The number of thioether (sulfide) groups is 1. The number of carbonyl (C=O) groups is 2. The Morgan fingerprint density at radius 1 is 1.10 bits per heavy atom. The van der Waals surface area contributed by atoms with Gasteiger partial charge in [-0.2, -0.15) is 13.2 Å². The van der Waals surface area contributed by atoms with Gasteiger partial charge >= 0.3 is 6.18 Å². The number of hydrogen-bond donors (Lipinski definition) is 1. The van der Waals surface area contributed by atoms with Gasteiger partial charge in [0.25, 0.3) is 0 Å². The second kappa shape index (κ2) is 9.78. The van der Waals surface area contributed by atoms with Gasteiger partial charge in [0.2, 0.25) is 11.8 Å². The van der Waals surface area contributed by atoms with Crippen LogP contribution >= 0.6 is 11.8 Å². The van der Waals surface area contributed by atoms with E-state index in [0.717, 1.165) is 17.8 Å². The van der Waals surface area contributed by atoms with E-state index in [2.05, 4.69) is 5.32 Å². The van der Waals surface area contributed by atoms with Crippen molar-refractivity contribution in [3.63, 3.8) is 0 Å². The molecule has 0 aliphatic carbocycles. The van der Waals surface area contributed by atoms with Gasteiger partial charge in [-0.15, -0.1) is 11.8 Å². The summed E-state index contributed by atoms with van der Waals surface area (Å²) in [5.41, 5.74) is -0.349. The smallest absolute Gasteiger partial charge is 0.340 e. The number of benzene rings is 2. The van der Waals surface area contributed by atoms with Gasteiger partial charge in [-0.25, -0.2) is 4.39 Å². The molecule has 0 heterocycles. The summed E-state index contributed by atoms with van der Waals surface area (Å²) in [6.45, 7) is 1.39. The summed E-state index contributed by atoms with van der Waals surface area (Å²) < 4.78 is 52.2. The number of halogens is 4. The van der Waals surface area contributed by atoms with Crippen LogP contribution in [0.4, 0.5) is 23.2 Å². The molecule has 0 saturated carbocycles. The lowest BCUT2D eigenvalue weighted by atomic mass is 10.1. The maximum Gasteiger partial charge on any atom is 0.416 e.